The van der Waals surface area contributed by atoms with E-state index in [1.807, 2.05) is 23.8 Å². The Morgan fingerprint density at radius 1 is 1.53 bits per heavy atom. The molecule has 1 amide bonds. The van der Waals surface area contributed by atoms with Gasteiger partial charge in [0, 0.05) is 16.9 Å². The van der Waals surface area contributed by atoms with Crippen molar-refractivity contribution in [3.8, 4) is 0 Å². The van der Waals surface area contributed by atoms with Crippen molar-refractivity contribution in [1.82, 2.24) is 10.3 Å². The van der Waals surface area contributed by atoms with Crippen LogP contribution in [0.1, 0.15) is 28.9 Å². The molecule has 0 bridgehead atoms. The number of amides is 1. The van der Waals surface area contributed by atoms with E-state index in [0.717, 1.165) is 10.0 Å². The summed E-state index contributed by atoms with van der Waals surface area (Å²) in [6.07, 6.45) is 3.21. The Kier molecular flexibility index (Phi) is 3.91. The van der Waals surface area contributed by atoms with Gasteiger partial charge in [0.05, 0.1) is 11.6 Å². The fourth-order valence-corrected chi connectivity index (χ4v) is 2.54. The second-order valence-corrected chi connectivity index (χ2v) is 5.34. The number of nitrogens with zero attached hydrogens (tertiary/aromatic N) is 1. The lowest BCUT2D eigenvalue weighted by Gasteiger charge is -2.12. The third-order valence-corrected chi connectivity index (χ3v) is 3.49. The number of halogens is 1. The first-order valence-corrected chi connectivity index (χ1v) is 6.84. The van der Waals surface area contributed by atoms with Gasteiger partial charge in [-0.2, -0.15) is 11.3 Å². The Labute approximate surface area is 112 Å². The molecule has 0 aliphatic rings. The molecule has 3 nitrogen and oxygen atoms in total. The largest absolute Gasteiger partial charge is 0.345 e. The lowest BCUT2D eigenvalue weighted by atomic mass is 10.1. The van der Waals surface area contributed by atoms with Crippen molar-refractivity contribution in [3.05, 3.63) is 50.9 Å². The summed E-state index contributed by atoms with van der Waals surface area (Å²) in [7, 11) is 0. The number of aromatic nitrogens is 1. The standard InChI is InChI=1S/C12H11BrN2OS/c1-8(9-2-3-17-7-9)15-12(16)10-4-11(13)6-14-5-10/h2-8H,1H3,(H,15,16). The highest BCUT2D eigenvalue weighted by Crippen LogP contribution is 2.16. The molecule has 1 unspecified atom stereocenters. The second-order valence-electron chi connectivity index (χ2n) is 3.64. The molecule has 0 saturated carbocycles. The molecule has 1 N–H and O–H groups in total. The second kappa shape index (κ2) is 5.42. The minimum Gasteiger partial charge on any atom is -0.345 e. The minimum atomic E-state index is -0.113. The molecular formula is C12H11BrN2OS. The molecule has 1 atom stereocenters. The Morgan fingerprint density at radius 2 is 2.35 bits per heavy atom. The molecule has 17 heavy (non-hydrogen) atoms. The molecule has 2 aromatic heterocycles. The van der Waals surface area contributed by atoms with Gasteiger partial charge in [-0.05, 0) is 51.3 Å². The first kappa shape index (κ1) is 12.3. The number of pyridine rings is 1. The maximum atomic E-state index is 11.9. The van der Waals surface area contributed by atoms with Crippen molar-refractivity contribution in [2.24, 2.45) is 0 Å². The topological polar surface area (TPSA) is 42.0 Å². The van der Waals surface area contributed by atoms with Crippen LogP contribution in [0.15, 0.2) is 39.8 Å². The van der Waals surface area contributed by atoms with Gasteiger partial charge >= 0.3 is 0 Å². The predicted molar refractivity (Wildman–Crippen MR) is 72.1 cm³/mol. The minimum absolute atomic E-state index is 0.00716. The normalized spacial score (nSPS) is 12.1. The third kappa shape index (κ3) is 3.14. The molecule has 0 aromatic carbocycles. The molecule has 2 heterocycles. The summed E-state index contributed by atoms with van der Waals surface area (Å²) in [5.74, 6) is -0.113. The Hall–Kier alpha value is -1.20. The van der Waals surface area contributed by atoms with Crippen molar-refractivity contribution in [3.63, 3.8) is 0 Å². The summed E-state index contributed by atoms with van der Waals surface area (Å²) in [6.45, 7) is 1.96. The Bertz CT molecular complexity index is 513. The number of thiophene rings is 1. The maximum Gasteiger partial charge on any atom is 0.253 e. The van der Waals surface area contributed by atoms with Crippen LogP contribution >= 0.6 is 27.3 Å². The van der Waals surface area contributed by atoms with Gasteiger partial charge in [-0.3, -0.25) is 9.78 Å². The van der Waals surface area contributed by atoms with Gasteiger partial charge in [0.25, 0.3) is 5.91 Å². The average molecular weight is 311 g/mol. The van der Waals surface area contributed by atoms with E-state index in [4.69, 9.17) is 0 Å². The van der Waals surface area contributed by atoms with Gasteiger partial charge in [0.1, 0.15) is 0 Å². The molecule has 0 spiro atoms. The first-order valence-electron chi connectivity index (χ1n) is 5.10. The van der Waals surface area contributed by atoms with Gasteiger partial charge in [-0.1, -0.05) is 0 Å². The Balaban J connectivity index is 2.07. The molecule has 0 saturated heterocycles. The summed E-state index contributed by atoms with van der Waals surface area (Å²) in [5, 5.41) is 6.96. The zero-order chi connectivity index (χ0) is 12.3. The Morgan fingerprint density at radius 3 is 3.00 bits per heavy atom. The highest BCUT2D eigenvalue weighted by atomic mass is 79.9. The van der Waals surface area contributed by atoms with E-state index in [1.54, 1.807) is 29.8 Å². The zero-order valence-corrected chi connectivity index (χ0v) is 11.6. The van der Waals surface area contributed by atoms with Crippen LogP contribution in [0.5, 0.6) is 0 Å². The van der Waals surface area contributed by atoms with Crippen molar-refractivity contribution < 1.29 is 4.79 Å². The van der Waals surface area contributed by atoms with Crippen LogP contribution in [-0.2, 0) is 0 Å². The SMILES string of the molecule is CC(NC(=O)c1cncc(Br)c1)c1ccsc1. The van der Waals surface area contributed by atoms with Crippen molar-refractivity contribution >= 4 is 33.2 Å². The van der Waals surface area contributed by atoms with E-state index in [2.05, 4.69) is 26.2 Å². The molecule has 5 heteroatoms. The summed E-state index contributed by atoms with van der Waals surface area (Å²) in [4.78, 5) is 15.9. The molecule has 2 rings (SSSR count). The number of nitrogens with one attached hydrogen (secondary N) is 1. The molecule has 0 aliphatic carbocycles. The van der Waals surface area contributed by atoms with E-state index in [1.165, 1.54) is 0 Å². The molecule has 88 valence electrons. The highest BCUT2D eigenvalue weighted by Gasteiger charge is 2.12. The van der Waals surface area contributed by atoms with Gasteiger partial charge in [-0.25, -0.2) is 0 Å². The van der Waals surface area contributed by atoms with Crippen LogP contribution < -0.4 is 5.32 Å². The summed E-state index contributed by atoms with van der Waals surface area (Å²) in [5.41, 5.74) is 1.67. The molecule has 0 fully saturated rings. The van der Waals surface area contributed by atoms with Gasteiger partial charge in [-0.15, -0.1) is 0 Å². The van der Waals surface area contributed by atoms with Crippen molar-refractivity contribution in [1.29, 1.82) is 0 Å². The fourth-order valence-electron chi connectivity index (χ4n) is 1.42. The molecule has 2 aromatic rings. The number of carbonyl (C=O) groups is 1. The van der Waals surface area contributed by atoms with Crippen LogP contribution in [0.25, 0.3) is 0 Å². The first-order chi connectivity index (χ1) is 8.16. The average Bonchev–Trinajstić information content (AvgIpc) is 2.82. The van der Waals surface area contributed by atoms with Crippen molar-refractivity contribution in [2.45, 2.75) is 13.0 Å². The highest BCUT2D eigenvalue weighted by molar-refractivity contribution is 9.10. The van der Waals surface area contributed by atoms with E-state index in [9.17, 15) is 4.79 Å². The van der Waals surface area contributed by atoms with E-state index in [-0.39, 0.29) is 11.9 Å². The van der Waals surface area contributed by atoms with Gasteiger partial charge < -0.3 is 5.32 Å². The maximum absolute atomic E-state index is 11.9. The van der Waals surface area contributed by atoms with Gasteiger partial charge in [0.2, 0.25) is 0 Å². The van der Waals surface area contributed by atoms with Crippen LogP contribution in [0, 0.1) is 0 Å². The number of carbonyl (C=O) groups excluding carboxylic acids is 1. The lowest BCUT2D eigenvalue weighted by Crippen LogP contribution is -2.26. The van der Waals surface area contributed by atoms with Crippen molar-refractivity contribution in [2.75, 3.05) is 0 Å². The van der Waals surface area contributed by atoms with E-state index >= 15 is 0 Å². The van der Waals surface area contributed by atoms with Crippen LogP contribution in [-0.4, -0.2) is 10.9 Å². The zero-order valence-electron chi connectivity index (χ0n) is 9.18. The van der Waals surface area contributed by atoms with Crippen LogP contribution in [0.2, 0.25) is 0 Å². The summed E-state index contributed by atoms with van der Waals surface area (Å²) < 4.78 is 0.799. The summed E-state index contributed by atoms with van der Waals surface area (Å²) >= 11 is 4.92. The molecule has 0 radical (unpaired) electrons. The third-order valence-electron chi connectivity index (χ3n) is 2.36. The van der Waals surface area contributed by atoms with Crippen LogP contribution in [0.3, 0.4) is 0 Å². The van der Waals surface area contributed by atoms with E-state index in [0.29, 0.717) is 5.56 Å². The number of hydrogen-bond acceptors (Lipinski definition) is 3. The smallest absolute Gasteiger partial charge is 0.253 e. The lowest BCUT2D eigenvalue weighted by molar-refractivity contribution is 0.0939. The molecule has 0 aliphatic heterocycles. The molecular weight excluding hydrogens is 300 g/mol. The summed E-state index contributed by atoms with van der Waals surface area (Å²) in [6, 6.07) is 3.77. The fraction of sp³-hybridized carbons (Fsp3) is 0.167. The number of rotatable bonds is 3. The van der Waals surface area contributed by atoms with E-state index < -0.39 is 0 Å². The predicted octanol–water partition coefficient (Wildman–Crippen LogP) is 3.40. The van der Waals surface area contributed by atoms with Crippen LogP contribution in [0.4, 0.5) is 0 Å². The number of hydrogen-bond donors (Lipinski definition) is 1. The quantitative estimate of drug-likeness (QED) is 0.944. The van der Waals surface area contributed by atoms with Gasteiger partial charge in [0.15, 0.2) is 0 Å². The monoisotopic (exact) mass is 310 g/mol.